The quantitative estimate of drug-likeness (QED) is 0.875. The smallest absolute Gasteiger partial charge is 0.403 e. The van der Waals surface area contributed by atoms with Gasteiger partial charge in [-0.15, -0.1) is 0 Å². The number of nitrogens with two attached hydrogens (primary N) is 1. The van der Waals surface area contributed by atoms with Crippen molar-refractivity contribution in [1.29, 1.82) is 0 Å². The molecule has 4 nitrogen and oxygen atoms in total. The molecule has 0 radical (unpaired) electrons. The molecule has 1 unspecified atom stereocenters. The molecule has 0 saturated heterocycles. The first kappa shape index (κ1) is 16.4. The summed E-state index contributed by atoms with van der Waals surface area (Å²) in [4.78, 5) is 0. The van der Waals surface area contributed by atoms with Gasteiger partial charge in [-0.2, -0.15) is 13.2 Å². The molecule has 0 heterocycles. The molecule has 7 heteroatoms. The molecule has 0 saturated carbocycles. The number of hydrogen-bond acceptors (Lipinski definition) is 4. The monoisotopic (exact) mass is 293 g/mol. The minimum absolute atomic E-state index is 0.129. The van der Waals surface area contributed by atoms with Crippen molar-refractivity contribution in [1.82, 2.24) is 0 Å². The Labute approximate surface area is 115 Å². The maximum atomic E-state index is 12.4. The van der Waals surface area contributed by atoms with Crippen molar-refractivity contribution in [2.45, 2.75) is 25.1 Å². The van der Waals surface area contributed by atoms with E-state index in [1.165, 1.54) is 21.3 Å². The lowest BCUT2D eigenvalue weighted by molar-refractivity contribution is -0.148. The van der Waals surface area contributed by atoms with E-state index in [-0.39, 0.29) is 12.8 Å². The van der Waals surface area contributed by atoms with Gasteiger partial charge in [0.1, 0.15) is 11.8 Å². The number of ether oxygens (including phenoxy) is 3. The van der Waals surface area contributed by atoms with Crippen LogP contribution in [0.5, 0.6) is 17.2 Å². The summed E-state index contributed by atoms with van der Waals surface area (Å²) in [6.07, 6.45) is -4.50. The second-order valence-corrected chi connectivity index (χ2v) is 4.21. The third-order valence-electron chi connectivity index (χ3n) is 2.93. The van der Waals surface area contributed by atoms with Gasteiger partial charge in [0.05, 0.1) is 21.3 Å². The Morgan fingerprint density at radius 2 is 1.50 bits per heavy atom. The van der Waals surface area contributed by atoms with Crippen LogP contribution in [0.2, 0.25) is 0 Å². The first-order valence-electron chi connectivity index (χ1n) is 5.94. The van der Waals surface area contributed by atoms with Gasteiger partial charge in [-0.05, 0) is 24.5 Å². The van der Waals surface area contributed by atoms with Crippen molar-refractivity contribution < 1.29 is 27.4 Å². The molecule has 2 N–H and O–H groups in total. The highest BCUT2D eigenvalue weighted by Gasteiger charge is 2.36. The molecule has 0 amide bonds. The standard InChI is InChI=1S/C13H18F3NO3/c1-18-9-7-11(20-3)10(19-2)6-8(9)4-5-12(17)13(14,15)16/h6-7,12H,4-5,17H2,1-3H3. The Morgan fingerprint density at radius 1 is 1.00 bits per heavy atom. The van der Waals surface area contributed by atoms with Crippen molar-refractivity contribution in [3.63, 3.8) is 0 Å². The molecule has 0 spiro atoms. The van der Waals surface area contributed by atoms with E-state index >= 15 is 0 Å². The summed E-state index contributed by atoms with van der Waals surface area (Å²) in [5, 5.41) is 0. The maximum Gasteiger partial charge on any atom is 0.403 e. The minimum Gasteiger partial charge on any atom is -0.496 e. The summed E-state index contributed by atoms with van der Waals surface area (Å²) in [6.45, 7) is 0. The van der Waals surface area contributed by atoms with Crippen LogP contribution < -0.4 is 19.9 Å². The van der Waals surface area contributed by atoms with Crippen molar-refractivity contribution in [3.05, 3.63) is 17.7 Å². The molecule has 1 rings (SSSR count). The molecular formula is C13H18F3NO3. The highest BCUT2D eigenvalue weighted by molar-refractivity contribution is 5.50. The second kappa shape index (κ2) is 6.69. The second-order valence-electron chi connectivity index (χ2n) is 4.21. The van der Waals surface area contributed by atoms with Crippen molar-refractivity contribution in [2.75, 3.05) is 21.3 Å². The Kier molecular flexibility index (Phi) is 5.50. The van der Waals surface area contributed by atoms with Crippen molar-refractivity contribution in [2.24, 2.45) is 5.73 Å². The number of halogens is 3. The van der Waals surface area contributed by atoms with Crippen molar-refractivity contribution in [3.8, 4) is 17.2 Å². The first-order valence-corrected chi connectivity index (χ1v) is 5.94. The van der Waals surface area contributed by atoms with Gasteiger partial charge in [0.15, 0.2) is 11.5 Å². The van der Waals surface area contributed by atoms with E-state index in [0.717, 1.165) is 0 Å². The van der Waals surface area contributed by atoms with E-state index in [4.69, 9.17) is 19.9 Å². The van der Waals surface area contributed by atoms with Gasteiger partial charge >= 0.3 is 6.18 Å². The Balaban J connectivity index is 2.94. The normalized spacial score (nSPS) is 12.9. The Bertz CT molecular complexity index is 449. The minimum atomic E-state index is -4.40. The third-order valence-corrected chi connectivity index (χ3v) is 2.93. The van der Waals surface area contributed by atoms with Crippen molar-refractivity contribution >= 4 is 0 Å². The predicted molar refractivity (Wildman–Crippen MR) is 68.4 cm³/mol. The van der Waals surface area contributed by atoms with E-state index in [1.807, 2.05) is 0 Å². The van der Waals surface area contributed by atoms with Crippen LogP contribution in [0.25, 0.3) is 0 Å². The molecule has 0 fully saturated rings. The fourth-order valence-electron chi connectivity index (χ4n) is 1.76. The average Bonchev–Trinajstić information content (AvgIpc) is 2.42. The predicted octanol–water partition coefficient (Wildman–Crippen LogP) is 2.53. The fraction of sp³-hybridized carbons (Fsp3) is 0.538. The molecule has 20 heavy (non-hydrogen) atoms. The summed E-state index contributed by atoms with van der Waals surface area (Å²) in [5.41, 5.74) is 5.68. The van der Waals surface area contributed by atoms with E-state index in [2.05, 4.69) is 0 Å². The summed E-state index contributed by atoms with van der Waals surface area (Å²) in [5.74, 6) is 1.33. The molecule has 0 aliphatic carbocycles. The number of rotatable bonds is 6. The Morgan fingerprint density at radius 3 is 1.95 bits per heavy atom. The molecule has 1 atom stereocenters. The van der Waals surface area contributed by atoms with Crippen LogP contribution in [-0.4, -0.2) is 33.5 Å². The zero-order valence-corrected chi connectivity index (χ0v) is 11.6. The summed E-state index contributed by atoms with van der Waals surface area (Å²) in [7, 11) is 4.36. The highest BCUT2D eigenvalue weighted by atomic mass is 19.4. The number of hydrogen-bond donors (Lipinski definition) is 1. The van der Waals surface area contributed by atoms with Crippen LogP contribution in [0.1, 0.15) is 12.0 Å². The number of aryl methyl sites for hydroxylation is 1. The molecule has 0 bridgehead atoms. The van der Waals surface area contributed by atoms with Gasteiger partial charge in [-0.3, -0.25) is 0 Å². The van der Waals surface area contributed by atoms with Gasteiger partial charge < -0.3 is 19.9 Å². The highest BCUT2D eigenvalue weighted by Crippen LogP contribution is 2.35. The van der Waals surface area contributed by atoms with Gasteiger partial charge in [-0.1, -0.05) is 0 Å². The zero-order chi connectivity index (χ0) is 15.3. The van der Waals surface area contributed by atoms with E-state index in [9.17, 15) is 13.2 Å². The molecular weight excluding hydrogens is 275 g/mol. The third kappa shape index (κ3) is 3.93. The van der Waals surface area contributed by atoms with Crippen LogP contribution in [0.4, 0.5) is 13.2 Å². The molecule has 0 aliphatic heterocycles. The summed E-state index contributed by atoms with van der Waals surface area (Å²) < 4.78 is 52.6. The molecule has 0 aliphatic rings. The number of methoxy groups -OCH3 is 3. The topological polar surface area (TPSA) is 53.7 Å². The molecule has 1 aromatic carbocycles. The summed E-state index contributed by atoms with van der Waals surface area (Å²) >= 11 is 0. The lowest BCUT2D eigenvalue weighted by Gasteiger charge is -2.17. The summed E-state index contributed by atoms with van der Waals surface area (Å²) in [6, 6.07) is 1.31. The van der Waals surface area contributed by atoms with Gasteiger partial charge in [0, 0.05) is 6.07 Å². The number of benzene rings is 1. The lowest BCUT2D eigenvalue weighted by atomic mass is 10.0. The SMILES string of the molecule is COc1cc(OC)c(OC)cc1CCC(N)C(F)(F)F. The number of alkyl halides is 3. The largest absolute Gasteiger partial charge is 0.496 e. The van der Waals surface area contributed by atoms with E-state index in [1.54, 1.807) is 12.1 Å². The Hall–Kier alpha value is -1.63. The van der Waals surface area contributed by atoms with Gasteiger partial charge in [0.2, 0.25) is 0 Å². The lowest BCUT2D eigenvalue weighted by Crippen LogP contribution is -2.37. The fourth-order valence-corrected chi connectivity index (χ4v) is 1.76. The zero-order valence-electron chi connectivity index (χ0n) is 11.6. The van der Waals surface area contributed by atoms with Crippen LogP contribution in [0.15, 0.2) is 12.1 Å². The average molecular weight is 293 g/mol. The van der Waals surface area contributed by atoms with Crippen LogP contribution >= 0.6 is 0 Å². The van der Waals surface area contributed by atoms with E-state index < -0.39 is 12.2 Å². The van der Waals surface area contributed by atoms with Gasteiger partial charge in [0.25, 0.3) is 0 Å². The maximum absolute atomic E-state index is 12.4. The molecule has 1 aromatic rings. The van der Waals surface area contributed by atoms with Crippen LogP contribution in [0.3, 0.4) is 0 Å². The van der Waals surface area contributed by atoms with Crippen LogP contribution in [0, 0.1) is 0 Å². The van der Waals surface area contributed by atoms with E-state index in [0.29, 0.717) is 22.8 Å². The van der Waals surface area contributed by atoms with Crippen LogP contribution in [-0.2, 0) is 6.42 Å². The molecule has 114 valence electrons. The van der Waals surface area contributed by atoms with Gasteiger partial charge in [-0.25, -0.2) is 0 Å². The molecule has 0 aromatic heterocycles. The first-order chi connectivity index (χ1) is 9.33.